The van der Waals surface area contributed by atoms with Crippen LogP contribution in [0.3, 0.4) is 0 Å². The number of carbonyl (C=O) groups is 1. The third-order valence-corrected chi connectivity index (χ3v) is 5.11. The molecule has 0 aliphatic rings. The predicted octanol–water partition coefficient (Wildman–Crippen LogP) is 3.79. The normalized spacial score (nSPS) is 11.8. The molecule has 1 amide bonds. The van der Waals surface area contributed by atoms with E-state index in [1.54, 1.807) is 36.7 Å². The van der Waals surface area contributed by atoms with Crippen molar-refractivity contribution in [2.45, 2.75) is 13.0 Å². The molecule has 1 atom stereocenters. The highest BCUT2D eigenvalue weighted by Gasteiger charge is 2.19. The van der Waals surface area contributed by atoms with Crippen LogP contribution >= 0.6 is 11.3 Å². The minimum Gasteiger partial charge on any atom is -0.483 e. The highest BCUT2D eigenvalue weighted by molar-refractivity contribution is 7.10. The van der Waals surface area contributed by atoms with Gasteiger partial charge in [0.05, 0.1) is 11.6 Å². The number of aryl methyl sites for hydroxylation is 1. The van der Waals surface area contributed by atoms with Crippen molar-refractivity contribution in [3.63, 3.8) is 0 Å². The molecular weight excluding hydrogens is 388 g/mol. The highest BCUT2D eigenvalue weighted by Crippen LogP contribution is 2.29. The molecule has 0 fully saturated rings. The lowest BCUT2D eigenvalue weighted by Crippen LogP contribution is -2.33. The molecule has 4 aromatic rings. The van der Waals surface area contributed by atoms with Crippen LogP contribution in [0.25, 0.3) is 11.5 Å². The first kappa shape index (κ1) is 18.8. The Morgan fingerprint density at radius 3 is 2.72 bits per heavy atom. The van der Waals surface area contributed by atoms with Crippen LogP contribution in [-0.4, -0.2) is 27.6 Å². The monoisotopic (exact) mass is 406 g/mol. The smallest absolute Gasteiger partial charge is 0.261 e. The van der Waals surface area contributed by atoms with Gasteiger partial charge in [-0.3, -0.25) is 9.78 Å². The second kappa shape index (κ2) is 8.66. The van der Waals surface area contributed by atoms with Gasteiger partial charge in [0, 0.05) is 17.3 Å². The van der Waals surface area contributed by atoms with Crippen molar-refractivity contribution in [2.75, 3.05) is 6.61 Å². The highest BCUT2D eigenvalue weighted by atomic mass is 32.1. The number of carbonyl (C=O) groups excluding carboxylic acids is 1. The zero-order valence-electron chi connectivity index (χ0n) is 15.6. The van der Waals surface area contributed by atoms with Gasteiger partial charge < -0.3 is 14.6 Å². The lowest BCUT2D eigenvalue weighted by Gasteiger charge is -2.18. The van der Waals surface area contributed by atoms with Crippen LogP contribution in [0.15, 0.2) is 70.8 Å². The fourth-order valence-corrected chi connectivity index (χ4v) is 3.65. The number of rotatable bonds is 7. The molecule has 0 unspecified atom stereocenters. The van der Waals surface area contributed by atoms with E-state index in [9.17, 15) is 4.79 Å². The molecule has 7 nitrogen and oxygen atoms in total. The molecule has 4 rings (SSSR count). The average molecular weight is 406 g/mol. The Bertz CT molecular complexity index is 1080. The molecule has 146 valence electrons. The molecule has 3 heterocycles. The van der Waals surface area contributed by atoms with Crippen molar-refractivity contribution in [1.82, 2.24) is 20.4 Å². The summed E-state index contributed by atoms with van der Waals surface area (Å²) < 4.78 is 11.0. The van der Waals surface area contributed by atoms with Gasteiger partial charge in [-0.2, -0.15) is 4.98 Å². The van der Waals surface area contributed by atoms with Crippen molar-refractivity contribution in [1.29, 1.82) is 0 Å². The largest absolute Gasteiger partial charge is 0.483 e. The SMILES string of the molecule is Cc1noc(-c2ccccc2OCC(=O)N[C@H](c2ccncc2)c2cccs2)n1. The Labute approximate surface area is 171 Å². The molecule has 0 saturated heterocycles. The number of para-hydroxylation sites is 1. The summed E-state index contributed by atoms with van der Waals surface area (Å²) in [7, 11) is 0. The van der Waals surface area contributed by atoms with Gasteiger partial charge in [0.25, 0.3) is 11.8 Å². The Hall–Kier alpha value is -3.52. The van der Waals surface area contributed by atoms with Gasteiger partial charge in [-0.25, -0.2) is 0 Å². The molecule has 29 heavy (non-hydrogen) atoms. The lowest BCUT2D eigenvalue weighted by atomic mass is 10.1. The maximum Gasteiger partial charge on any atom is 0.261 e. The van der Waals surface area contributed by atoms with Crippen LogP contribution in [0.2, 0.25) is 0 Å². The minimum absolute atomic E-state index is 0.142. The minimum atomic E-state index is -0.261. The van der Waals surface area contributed by atoms with Gasteiger partial charge >= 0.3 is 0 Å². The van der Waals surface area contributed by atoms with Gasteiger partial charge in [0.1, 0.15) is 5.75 Å². The molecule has 0 spiro atoms. The topological polar surface area (TPSA) is 90.1 Å². The van der Waals surface area contributed by atoms with Gasteiger partial charge in [-0.1, -0.05) is 23.4 Å². The van der Waals surface area contributed by atoms with E-state index in [1.807, 2.05) is 47.8 Å². The quantitative estimate of drug-likeness (QED) is 0.502. The van der Waals surface area contributed by atoms with Gasteiger partial charge in [-0.05, 0) is 48.2 Å². The maximum absolute atomic E-state index is 12.6. The van der Waals surface area contributed by atoms with Crippen LogP contribution < -0.4 is 10.1 Å². The standard InChI is InChI=1S/C21H18N4O3S/c1-14-23-21(28-25-14)16-5-2-3-6-17(16)27-13-19(26)24-20(18-7-4-12-29-18)15-8-10-22-11-9-15/h2-12,20H,13H2,1H3,(H,24,26)/t20-/m1/s1. The Morgan fingerprint density at radius 1 is 1.17 bits per heavy atom. The summed E-state index contributed by atoms with van der Waals surface area (Å²) in [6.45, 7) is 1.60. The molecule has 8 heteroatoms. The van der Waals surface area contributed by atoms with Gasteiger partial charge in [0.15, 0.2) is 12.4 Å². The fourth-order valence-electron chi connectivity index (χ4n) is 2.85. The van der Waals surface area contributed by atoms with E-state index in [0.29, 0.717) is 23.0 Å². The number of hydrogen-bond acceptors (Lipinski definition) is 7. The summed E-state index contributed by atoms with van der Waals surface area (Å²) in [6, 6.07) is 14.7. The first-order valence-electron chi connectivity index (χ1n) is 8.96. The average Bonchev–Trinajstić information content (AvgIpc) is 3.43. The van der Waals surface area contributed by atoms with Crippen LogP contribution in [0.5, 0.6) is 5.75 Å². The van der Waals surface area contributed by atoms with Crippen LogP contribution in [-0.2, 0) is 4.79 Å². The van der Waals surface area contributed by atoms with Crippen molar-refractivity contribution in [2.24, 2.45) is 0 Å². The Kier molecular flexibility index (Phi) is 5.62. The number of nitrogens with zero attached hydrogens (tertiary/aromatic N) is 3. The van der Waals surface area contributed by atoms with Gasteiger partial charge in [0.2, 0.25) is 0 Å². The molecular formula is C21H18N4O3S. The summed E-state index contributed by atoms with van der Waals surface area (Å²) in [4.78, 5) is 22.0. The van der Waals surface area contributed by atoms with E-state index in [2.05, 4.69) is 20.4 Å². The Morgan fingerprint density at radius 2 is 2.00 bits per heavy atom. The molecule has 3 aromatic heterocycles. The number of aromatic nitrogens is 3. The van der Waals surface area contributed by atoms with E-state index in [4.69, 9.17) is 9.26 Å². The molecule has 1 N–H and O–H groups in total. The summed E-state index contributed by atoms with van der Waals surface area (Å²) in [6.07, 6.45) is 3.42. The number of ether oxygens (including phenoxy) is 1. The molecule has 0 saturated carbocycles. The number of nitrogens with one attached hydrogen (secondary N) is 1. The second-order valence-electron chi connectivity index (χ2n) is 6.23. The van der Waals surface area contributed by atoms with Gasteiger partial charge in [-0.15, -0.1) is 11.3 Å². The van der Waals surface area contributed by atoms with Crippen molar-refractivity contribution in [3.05, 3.63) is 82.6 Å². The zero-order valence-corrected chi connectivity index (χ0v) is 16.4. The van der Waals surface area contributed by atoms with E-state index in [-0.39, 0.29) is 18.6 Å². The Balaban J connectivity index is 1.47. The van der Waals surface area contributed by atoms with E-state index in [1.165, 1.54) is 0 Å². The summed E-state index contributed by atoms with van der Waals surface area (Å²) in [5, 5.41) is 8.82. The van der Waals surface area contributed by atoms with E-state index < -0.39 is 0 Å². The molecule has 0 aliphatic carbocycles. The number of benzene rings is 1. The predicted molar refractivity (Wildman–Crippen MR) is 109 cm³/mol. The molecule has 0 radical (unpaired) electrons. The van der Waals surface area contributed by atoms with Crippen molar-refractivity contribution < 1.29 is 14.1 Å². The number of hydrogen-bond donors (Lipinski definition) is 1. The second-order valence-corrected chi connectivity index (χ2v) is 7.21. The third-order valence-electron chi connectivity index (χ3n) is 4.18. The van der Waals surface area contributed by atoms with E-state index >= 15 is 0 Å². The van der Waals surface area contributed by atoms with Crippen LogP contribution in [0.4, 0.5) is 0 Å². The zero-order chi connectivity index (χ0) is 20.1. The number of pyridine rings is 1. The number of thiophene rings is 1. The van der Waals surface area contributed by atoms with E-state index in [0.717, 1.165) is 10.4 Å². The maximum atomic E-state index is 12.6. The fraction of sp³-hybridized carbons (Fsp3) is 0.143. The molecule has 0 aliphatic heterocycles. The first-order valence-corrected chi connectivity index (χ1v) is 9.84. The summed E-state index contributed by atoms with van der Waals surface area (Å²) in [5.74, 6) is 1.15. The van der Waals surface area contributed by atoms with Crippen molar-refractivity contribution >= 4 is 17.2 Å². The summed E-state index contributed by atoms with van der Waals surface area (Å²) >= 11 is 1.58. The summed E-state index contributed by atoms with van der Waals surface area (Å²) in [5.41, 5.74) is 1.60. The number of amides is 1. The van der Waals surface area contributed by atoms with Crippen molar-refractivity contribution in [3.8, 4) is 17.2 Å². The first-order chi connectivity index (χ1) is 14.2. The molecule has 1 aromatic carbocycles. The lowest BCUT2D eigenvalue weighted by molar-refractivity contribution is -0.123. The van der Waals surface area contributed by atoms with Crippen LogP contribution in [0, 0.1) is 6.92 Å². The third kappa shape index (κ3) is 4.49. The molecule has 0 bridgehead atoms. The van der Waals surface area contributed by atoms with Crippen LogP contribution in [0.1, 0.15) is 22.3 Å².